The van der Waals surface area contributed by atoms with Crippen molar-refractivity contribution in [3.8, 4) is 10.6 Å². The molecule has 1 aromatic carbocycles. The van der Waals surface area contributed by atoms with E-state index in [9.17, 15) is 4.79 Å². The van der Waals surface area contributed by atoms with Crippen molar-refractivity contribution in [1.29, 1.82) is 0 Å². The molecule has 3 rings (SSSR count). The summed E-state index contributed by atoms with van der Waals surface area (Å²) in [5.74, 6) is -0.0859. The second-order valence-electron chi connectivity index (χ2n) is 3.71. The van der Waals surface area contributed by atoms with Gasteiger partial charge in [-0.3, -0.25) is 10.1 Å². The third kappa shape index (κ3) is 2.53. The van der Waals surface area contributed by atoms with Crippen LogP contribution in [0.5, 0.6) is 0 Å². The fraction of sp³-hybridized carbons (Fsp3) is 0. The highest BCUT2D eigenvalue weighted by Gasteiger charge is 2.12. The molecule has 0 aliphatic heterocycles. The van der Waals surface area contributed by atoms with Crippen LogP contribution < -0.4 is 5.32 Å². The van der Waals surface area contributed by atoms with Gasteiger partial charge in [0.05, 0.1) is 6.26 Å². The van der Waals surface area contributed by atoms with Crippen LogP contribution in [0.3, 0.4) is 0 Å². The van der Waals surface area contributed by atoms with Gasteiger partial charge in [-0.05, 0) is 12.1 Å². The lowest BCUT2D eigenvalue weighted by molar-refractivity contribution is 0.0996. The van der Waals surface area contributed by atoms with Gasteiger partial charge in [-0.25, -0.2) is 0 Å². The molecule has 0 saturated carbocycles. The minimum atomic E-state index is -0.333. The maximum Gasteiger partial charge on any atom is 0.293 e. The van der Waals surface area contributed by atoms with E-state index >= 15 is 0 Å². The minimum Gasteiger partial charge on any atom is -0.459 e. The molecule has 1 amide bonds. The SMILES string of the molecule is O=C(Nc1nnc(-c2ccccc2)s1)c1ccco1. The van der Waals surface area contributed by atoms with Gasteiger partial charge in [-0.15, -0.1) is 10.2 Å². The van der Waals surface area contributed by atoms with Crippen LogP contribution in [0.25, 0.3) is 10.6 Å². The molecule has 0 saturated heterocycles. The molecular formula is C13H9N3O2S. The van der Waals surface area contributed by atoms with Gasteiger partial charge in [0.15, 0.2) is 5.76 Å². The summed E-state index contributed by atoms with van der Waals surface area (Å²) in [7, 11) is 0. The average molecular weight is 271 g/mol. The number of nitrogens with one attached hydrogen (secondary N) is 1. The summed E-state index contributed by atoms with van der Waals surface area (Å²) in [5.41, 5.74) is 0.971. The van der Waals surface area contributed by atoms with Crippen molar-refractivity contribution in [2.45, 2.75) is 0 Å². The molecule has 1 N–H and O–H groups in total. The van der Waals surface area contributed by atoms with E-state index in [1.54, 1.807) is 12.1 Å². The van der Waals surface area contributed by atoms with Crippen molar-refractivity contribution >= 4 is 22.4 Å². The Morgan fingerprint density at radius 1 is 1.11 bits per heavy atom. The van der Waals surface area contributed by atoms with E-state index in [1.165, 1.54) is 17.6 Å². The Morgan fingerprint density at radius 2 is 1.95 bits per heavy atom. The lowest BCUT2D eigenvalue weighted by Gasteiger charge is -1.96. The third-order valence-electron chi connectivity index (χ3n) is 2.41. The zero-order chi connectivity index (χ0) is 13.1. The highest BCUT2D eigenvalue weighted by Crippen LogP contribution is 2.26. The average Bonchev–Trinajstić information content (AvgIpc) is 3.11. The van der Waals surface area contributed by atoms with Gasteiger partial charge in [0, 0.05) is 5.56 Å². The Hall–Kier alpha value is -2.47. The van der Waals surface area contributed by atoms with Crippen LogP contribution in [0, 0.1) is 0 Å². The summed E-state index contributed by atoms with van der Waals surface area (Å²) in [4.78, 5) is 11.8. The Morgan fingerprint density at radius 3 is 2.68 bits per heavy atom. The van der Waals surface area contributed by atoms with Gasteiger partial charge in [0.25, 0.3) is 5.91 Å². The molecule has 0 bridgehead atoms. The number of hydrogen-bond acceptors (Lipinski definition) is 5. The summed E-state index contributed by atoms with van der Waals surface area (Å²) >= 11 is 1.32. The summed E-state index contributed by atoms with van der Waals surface area (Å²) in [6.45, 7) is 0. The summed E-state index contributed by atoms with van der Waals surface area (Å²) in [5, 5.41) is 11.8. The molecule has 0 radical (unpaired) electrons. The highest BCUT2D eigenvalue weighted by atomic mass is 32.1. The van der Waals surface area contributed by atoms with Crippen LogP contribution in [-0.4, -0.2) is 16.1 Å². The Bertz CT molecular complexity index is 677. The zero-order valence-corrected chi connectivity index (χ0v) is 10.6. The number of carbonyl (C=O) groups is 1. The summed E-state index contributed by atoms with van der Waals surface area (Å²) < 4.78 is 5.00. The van der Waals surface area contributed by atoms with E-state index in [0.717, 1.165) is 10.6 Å². The maximum atomic E-state index is 11.8. The molecule has 2 heterocycles. The number of hydrogen-bond donors (Lipinski definition) is 1. The molecule has 5 nitrogen and oxygen atoms in total. The van der Waals surface area contributed by atoms with Crippen LogP contribution >= 0.6 is 11.3 Å². The standard InChI is InChI=1S/C13H9N3O2S/c17-11(10-7-4-8-18-10)14-13-16-15-12(19-13)9-5-2-1-3-6-9/h1-8H,(H,14,16,17). The normalized spacial score (nSPS) is 10.3. The number of furan rings is 1. The predicted octanol–water partition coefficient (Wildman–Crippen LogP) is 3.05. The van der Waals surface area contributed by atoms with Crippen molar-refractivity contribution in [3.63, 3.8) is 0 Å². The van der Waals surface area contributed by atoms with Crippen molar-refractivity contribution in [3.05, 3.63) is 54.5 Å². The smallest absolute Gasteiger partial charge is 0.293 e. The Balaban J connectivity index is 1.77. The first-order chi connectivity index (χ1) is 9.33. The molecular weight excluding hydrogens is 262 g/mol. The number of rotatable bonds is 3. The van der Waals surface area contributed by atoms with E-state index in [-0.39, 0.29) is 11.7 Å². The number of anilines is 1. The first kappa shape index (κ1) is 11.6. The Kier molecular flexibility index (Phi) is 3.07. The quantitative estimate of drug-likeness (QED) is 0.795. The lowest BCUT2D eigenvalue weighted by atomic mass is 10.2. The largest absolute Gasteiger partial charge is 0.459 e. The highest BCUT2D eigenvalue weighted by molar-refractivity contribution is 7.18. The van der Waals surface area contributed by atoms with Gasteiger partial charge >= 0.3 is 0 Å². The van der Waals surface area contributed by atoms with Gasteiger partial charge < -0.3 is 4.42 Å². The summed E-state index contributed by atoms with van der Waals surface area (Å²) in [6.07, 6.45) is 1.45. The Labute approximate surface area is 112 Å². The van der Waals surface area contributed by atoms with E-state index in [0.29, 0.717) is 5.13 Å². The maximum absolute atomic E-state index is 11.8. The number of amides is 1. The molecule has 0 unspecified atom stereocenters. The molecule has 19 heavy (non-hydrogen) atoms. The van der Waals surface area contributed by atoms with Gasteiger partial charge in [0.2, 0.25) is 5.13 Å². The number of carbonyl (C=O) groups excluding carboxylic acids is 1. The number of benzene rings is 1. The van der Waals surface area contributed by atoms with Crippen LogP contribution in [0.1, 0.15) is 10.6 Å². The van der Waals surface area contributed by atoms with Crippen LogP contribution in [0.15, 0.2) is 53.1 Å². The summed E-state index contributed by atoms with van der Waals surface area (Å²) in [6, 6.07) is 12.9. The van der Waals surface area contributed by atoms with E-state index < -0.39 is 0 Å². The second-order valence-corrected chi connectivity index (χ2v) is 4.69. The number of nitrogens with zero attached hydrogens (tertiary/aromatic N) is 2. The van der Waals surface area contributed by atoms with Gasteiger partial charge in [-0.1, -0.05) is 41.7 Å². The van der Waals surface area contributed by atoms with Gasteiger partial charge in [-0.2, -0.15) is 0 Å². The first-order valence-electron chi connectivity index (χ1n) is 5.57. The van der Waals surface area contributed by atoms with Crippen molar-refractivity contribution < 1.29 is 9.21 Å². The monoisotopic (exact) mass is 271 g/mol. The van der Waals surface area contributed by atoms with Crippen molar-refractivity contribution in [2.24, 2.45) is 0 Å². The number of aromatic nitrogens is 2. The van der Waals surface area contributed by atoms with Crippen LogP contribution in [-0.2, 0) is 0 Å². The molecule has 6 heteroatoms. The van der Waals surface area contributed by atoms with Crippen LogP contribution in [0.2, 0.25) is 0 Å². The zero-order valence-electron chi connectivity index (χ0n) is 9.74. The lowest BCUT2D eigenvalue weighted by Crippen LogP contribution is -2.10. The van der Waals surface area contributed by atoms with Crippen molar-refractivity contribution in [1.82, 2.24) is 10.2 Å². The minimum absolute atomic E-state index is 0.247. The fourth-order valence-corrected chi connectivity index (χ4v) is 2.28. The third-order valence-corrected chi connectivity index (χ3v) is 3.30. The van der Waals surface area contributed by atoms with Crippen molar-refractivity contribution in [2.75, 3.05) is 5.32 Å². The molecule has 3 aromatic rings. The first-order valence-corrected chi connectivity index (χ1v) is 6.38. The topological polar surface area (TPSA) is 68.0 Å². The molecule has 0 atom stereocenters. The molecule has 0 spiro atoms. The van der Waals surface area contributed by atoms with E-state index in [1.807, 2.05) is 30.3 Å². The van der Waals surface area contributed by atoms with Gasteiger partial charge in [0.1, 0.15) is 5.01 Å². The molecule has 0 aliphatic rings. The fourth-order valence-electron chi connectivity index (χ4n) is 1.54. The molecule has 0 aliphatic carbocycles. The molecule has 0 fully saturated rings. The van der Waals surface area contributed by atoms with E-state index in [2.05, 4.69) is 15.5 Å². The molecule has 94 valence electrons. The second kappa shape index (κ2) is 5.03. The van der Waals surface area contributed by atoms with E-state index in [4.69, 9.17) is 4.42 Å². The van der Waals surface area contributed by atoms with Crippen LogP contribution in [0.4, 0.5) is 5.13 Å². The molecule has 2 aromatic heterocycles. The predicted molar refractivity (Wildman–Crippen MR) is 72.0 cm³/mol.